The zero-order chi connectivity index (χ0) is 23.2. The highest BCUT2D eigenvalue weighted by Crippen LogP contribution is 2.32. The van der Waals surface area contributed by atoms with E-state index < -0.39 is 0 Å². The number of rotatable bonds is 3. The van der Waals surface area contributed by atoms with Crippen molar-refractivity contribution in [3.63, 3.8) is 0 Å². The molecule has 0 aliphatic carbocycles. The first-order chi connectivity index (χ1) is 16.6. The number of fused-ring (bicyclic) bond motifs is 2. The minimum atomic E-state index is 1.19. The van der Waals surface area contributed by atoms with E-state index in [4.69, 9.17) is 0 Å². The molecule has 0 radical (unpaired) electrons. The number of hydrogen-bond acceptors (Lipinski definition) is 0. The lowest BCUT2D eigenvalue weighted by Gasteiger charge is -2.09. The third-order valence-corrected chi connectivity index (χ3v) is 6.86. The highest BCUT2D eigenvalue weighted by Gasteiger charge is 2.28. The van der Waals surface area contributed by atoms with E-state index in [1.165, 1.54) is 61.1 Å². The van der Waals surface area contributed by atoms with Crippen LogP contribution >= 0.6 is 0 Å². The van der Waals surface area contributed by atoms with E-state index in [9.17, 15) is 0 Å². The standard InChI is InChI=1S/C32H27N2/c1-22-16-17-23(2)28(20-22)32-33(3)31-21-26(24-10-5-4-6-11-24)18-19-30(31)34(32)29-15-9-13-25-12-7-8-14-27(25)29/h4-21H,1-3H3/q+1. The van der Waals surface area contributed by atoms with E-state index in [0.29, 0.717) is 0 Å². The van der Waals surface area contributed by atoms with Crippen molar-refractivity contribution in [2.24, 2.45) is 7.05 Å². The third kappa shape index (κ3) is 3.22. The molecule has 5 aromatic carbocycles. The maximum Gasteiger partial charge on any atom is 0.295 e. The molecule has 2 heteroatoms. The molecular formula is C32H27N2+. The number of hydrogen-bond donors (Lipinski definition) is 0. The average molecular weight is 440 g/mol. The van der Waals surface area contributed by atoms with Gasteiger partial charge < -0.3 is 0 Å². The maximum atomic E-state index is 2.44. The minimum absolute atomic E-state index is 1.19. The summed E-state index contributed by atoms with van der Waals surface area (Å²) in [6.07, 6.45) is 0. The molecule has 2 nitrogen and oxygen atoms in total. The number of aromatic nitrogens is 2. The van der Waals surface area contributed by atoms with Crippen molar-refractivity contribution in [3.8, 4) is 28.2 Å². The number of aryl methyl sites for hydroxylation is 3. The van der Waals surface area contributed by atoms with Gasteiger partial charge in [0.1, 0.15) is 5.69 Å². The van der Waals surface area contributed by atoms with Crippen molar-refractivity contribution in [2.75, 3.05) is 0 Å². The molecule has 1 aromatic heterocycles. The third-order valence-electron chi connectivity index (χ3n) is 6.86. The number of nitrogens with zero attached hydrogens (tertiary/aromatic N) is 2. The van der Waals surface area contributed by atoms with Gasteiger partial charge in [-0.05, 0) is 66.3 Å². The van der Waals surface area contributed by atoms with Gasteiger partial charge in [0.05, 0.1) is 12.6 Å². The monoisotopic (exact) mass is 439 g/mol. The molecule has 34 heavy (non-hydrogen) atoms. The van der Waals surface area contributed by atoms with Crippen molar-refractivity contribution >= 4 is 21.8 Å². The van der Waals surface area contributed by atoms with Gasteiger partial charge in [-0.15, -0.1) is 0 Å². The van der Waals surface area contributed by atoms with Gasteiger partial charge in [-0.2, -0.15) is 4.57 Å². The van der Waals surface area contributed by atoms with Crippen LogP contribution in [0, 0.1) is 13.8 Å². The molecule has 164 valence electrons. The van der Waals surface area contributed by atoms with Gasteiger partial charge in [0.15, 0.2) is 11.0 Å². The summed E-state index contributed by atoms with van der Waals surface area (Å²) in [6, 6.07) is 39.4. The van der Waals surface area contributed by atoms with Gasteiger partial charge in [0.25, 0.3) is 5.82 Å². The summed E-state index contributed by atoms with van der Waals surface area (Å²) in [4.78, 5) is 0. The largest absolute Gasteiger partial charge is 0.295 e. The van der Waals surface area contributed by atoms with Crippen LogP contribution in [0.25, 0.3) is 50.0 Å². The Hall–Kier alpha value is -4.17. The summed E-state index contributed by atoms with van der Waals surface area (Å²) in [5.41, 5.74) is 9.87. The van der Waals surface area contributed by atoms with Gasteiger partial charge in [-0.3, -0.25) is 0 Å². The van der Waals surface area contributed by atoms with E-state index in [1.807, 2.05) is 0 Å². The quantitative estimate of drug-likeness (QED) is 0.252. The van der Waals surface area contributed by atoms with Crippen LogP contribution in [0.1, 0.15) is 11.1 Å². The fourth-order valence-corrected chi connectivity index (χ4v) is 5.09. The predicted molar refractivity (Wildman–Crippen MR) is 142 cm³/mol. The first kappa shape index (κ1) is 20.4. The molecule has 0 unspecified atom stereocenters. The van der Waals surface area contributed by atoms with Gasteiger partial charge in [0.2, 0.25) is 0 Å². The normalized spacial score (nSPS) is 11.4. The lowest BCUT2D eigenvalue weighted by atomic mass is 10.0. The molecule has 0 aliphatic rings. The Bertz CT molecular complexity index is 1670. The van der Waals surface area contributed by atoms with Gasteiger partial charge in [-0.25, -0.2) is 4.57 Å². The second-order valence-corrected chi connectivity index (χ2v) is 9.10. The van der Waals surface area contributed by atoms with Crippen LogP contribution in [-0.2, 0) is 7.05 Å². The number of benzene rings is 5. The molecule has 0 N–H and O–H groups in total. The van der Waals surface area contributed by atoms with Crippen LogP contribution < -0.4 is 4.57 Å². The van der Waals surface area contributed by atoms with Crippen molar-refractivity contribution in [3.05, 3.63) is 120 Å². The molecule has 0 bridgehead atoms. The highest BCUT2D eigenvalue weighted by atomic mass is 15.2. The summed E-state index contributed by atoms with van der Waals surface area (Å²) in [5.74, 6) is 1.19. The SMILES string of the molecule is Cc1ccc(C)c(-c2n(C)c3cc(-c4ccccc4)ccc3[n+]2-c2cccc3ccccc23)c1. The van der Waals surface area contributed by atoms with Crippen LogP contribution in [0.4, 0.5) is 0 Å². The Morgan fingerprint density at radius 1 is 0.647 bits per heavy atom. The van der Waals surface area contributed by atoms with E-state index in [1.54, 1.807) is 0 Å². The van der Waals surface area contributed by atoms with Gasteiger partial charge in [0, 0.05) is 5.39 Å². The van der Waals surface area contributed by atoms with Crippen molar-refractivity contribution < 1.29 is 4.57 Å². The zero-order valence-electron chi connectivity index (χ0n) is 19.8. The molecule has 6 aromatic rings. The zero-order valence-corrected chi connectivity index (χ0v) is 19.8. The molecule has 6 rings (SSSR count). The predicted octanol–water partition coefficient (Wildman–Crippen LogP) is 7.56. The fourth-order valence-electron chi connectivity index (χ4n) is 5.09. The molecule has 0 atom stereocenters. The Balaban J connectivity index is 1.74. The van der Waals surface area contributed by atoms with Crippen LogP contribution in [0.3, 0.4) is 0 Å². The van der Waals surface area contributed by atoms with E-state index in [2.05, 4.69) is 139 Å². The Morgan fingerprint density at radius 2 is 1.41 bits per heavy atom. The van der Waals surface area contributed by atoms with Crippen molar-refractivity contribution in [2.45, 2.75) is 13.8 Å². The lowest BCUT2D eigenvalue weighted by molar-refractivity contribution is -0.554. The Kier molecular flexibility index (Phi) is 4.81. The van der Waals surface area contributed by atoms with Crippen LogP contribution in [0.15, 0.2) is 109 Å². The summed E-state index contributed by atoms with van der Waals surface area (Å²) in [7, 11) is 2.19. The summed E-state index contributed by atoms with van der Waals surface area (Å²) < 4.78 is 4.79. The van der Waals surface area contributed by atoms with Gasteiger partial charge in [-0.1, -0.05) is 84.4 Å². The first-order valence-electron chi connectivity index (χ1n) is 11.8. The molecule has 0 fully saturated rings. The smallest absolute Gasteiger partial charge is 0.225 e. The fraction of sp³-hybridized carbons (Fsp3) is 0.0938. The van der Waals surface area contributed by atoms with Gasteiger partial charge >= 0.3 is 0 Å². The Morgan fingerprint density at radius 3 is 2.26 bits per heavy atom. The Labute approximate surface area is 200 Å². The lowest BCUT2D eigenvalue weighted by Crippen LogP contribution is -2.33. The summed E-state index contributed by atoms with van der Waals surface area (Å²) >= 11 is 0. The first-order valence-corrected chi connectivity index (χ1v) is 11.8. The van der Waals surface area contributed by atoms with E-state index in [0.717, 1.165) is 0 Å². The van der Waals surface area contributed by atoms with Crippen LogP contribution in [0.5, 0.6) is 0 Å². The second-order valence-electron chi connectivity index (χ2n) is 9.10. The molecule has 1 heterocycles. The molecule has 0 saturated carbocycles. The van der Waals surface area contributed by atoms with E-state index in [-0.39, 0.29) is 0 Å². The molecule has 0 aliphatic heterocycles. The summed E-state index contributed by atoms with van der Waals surface area (Å²) in [5, 5.41) is 2.50. The van der Waals surface area contributed by atoms with Crippen LogP contribution in [0.2, 0.25) is 0 Å². The molecular weight excluding hydrogens is 412 g/mol. The summed E-state index contributed by atoms with van der Waals surface area (Å²) in [6.45, 7) is 4.37. The number of imidazole rings is 1. The molecule has 0 spiro atoms. The topological polar surface area (TPSA) is 8.81 Å². The van der Waals surface area contributed by atoms with Crippen molar-refractivity contribution in [1.82, 2.24) is 4.57 Å². The average Bonchev–Trinajstić information content (AvgIpc) is 3.17. The minimum Gasteiger partial charge on any atom is -0.225 e. The second kappa shape index (κ2) is 8.00. The maximum absolute atomic E-state index is 2.44. The molecule has 0 amide bonds. The highest BCUT2D eigenvalue weighted by molar-refractivity contribution is 5.90. The van der Waals surface area contributed by atoms with Crippen LogP contribution in [-0.4, -0.2) is 4.57 Å². The molecule has 0 saturated heterocycles. The van der Waals surface area contributed by atoms with Crippen molar-refractivity contribution in [1.29, 1.82) is 0 Å². The van der Waals surface area contributed by atoms with E-state index >= 15 is 0 Å².